The van der Waals surface area contributed by atoms with Gasteiger partial charge in [0.25, 0.3) is 0 Å². The molecule has 2 fully saturated rings. The van der Waals surface area contributed by atoms with Crippen molar-refractivity contribution in [2.45, 2.75) is 57.8 Å². The number of anilines is 1. The minimum Gasteiger partial charge on any atom is -0.462 e. The number of esters is 1. The highest BCUT2D eigenvalue weighted by atomic mass is 16.8. The fourth-order valence-corrected chi connectivity index (χ4v) is 4.28. The van der Waals surface area contributed by atoms with Gasteiger partial charge in [0.05, 0.1) is 25.0 Å². The molecule has 1 aromatic carbocycles. The third kappa shape index (κ3) is 4.27. The maximum absolute atomic E-state index is 13.6. The molecule has 0 aliphatic carbocycles. The average molecular weight is 482 g/mol. The molecule has 5 rings (SSSR count). The first-order chi connectivity index (χ1) is 16.8. The third-order valence-electron chi connectivity index (χ3n) is 5.86. The summed E-state index contributed by atoms with van der Waals surface area (Å²) in [6.07, 6.45) is -0.590. The normalized spacial score (nSPS) is 25.0. The van der Waals surface area contributed by atoms with E-state index < -0.39 is 42.1 Å². The molecule has 0 saturated carbocycles. The molecule has 11 nitrogen and oxygen atoms in total. The van der Waals surface area contributed by atoms with Crippen LogP contribution in [-0.2, 0) is 30.3 Å². The number of carbonyl (C=O) groups excluding carboxylic acids is 2. The van der Waals surface area contributed by atoms with Crippen LogP contribution in [0.25, 0.3) is 5.65 Å². The summed E-state index contributed by atoms with van der Waals surface area (Å²) in [6, 6.07) is 9.58. The molecule has 0 spiro atoms. The molecule has 3 aromatic rings. The lowest BCUT2D eigenvalue weighted by atomic mass is 10.0. The fraction of sp³-hybridized carbons (Fsp3) is 0.417. The molecule has 2 aliphatic heterocycles. The van der Waals surface area contributed by atoms with Gasteiger partial charge in [-0.1, -0.05) is 30.3 Å². The smallest absolute Gasteiger partial charge is 0.343 e. The number of Topliss-reactive ketones (excluding diaryl/α,β-unsaturated/α-hetero) is 1. The van der Waals surface area contributed by atoms with Crippen molar-refractivity contribution in [2.75, 3.05) is 12.3 Å². The molecule has 0 amide bonds. The lowest BCUT2D eigenvalue weighted by molar-refractivity contribution is -0.212. The maximum Gasteiger partial charge on any atom is 0.343 e. The van der Waals surface area contributed by atoms with Crippen LogP contribution in [-0.4, -0.2) is 63.3 Å². The molecule has 0 radical (unpaired) electrons. The number of ether oxygens (including phenoxy) is 5. The van der Waals surface area contributed by atoms with Gasteiger partial charge in [-0.05, 0) is 26.3 Å². The zero-order valence-corrected chi connectivity index (χ0v) is 19.5. The summed E-state index contributed by atoms with van der Waals surface area (Å²) in [5, 5.41) is 4.12. The molecule has 35 heavy (non-hydrogen) atoms. The second kappa shape index (κ2) is 9.00. The zero-order valence-electron chi connectivity index (χ0n) is 19.5. The molecule has 0 bridgehead atoms. The molecule has 2 N–H and O–H groups in total. The van der Waals surface area contributed by atoms with E-state index >= 15 is 0 Å². The Hall–Kier alpha value is -3.38. The Kier molecular flexibility index (Phi) is 6.01. The van der Waals surface area contributed by atoms with E-state index in [0.29, 0.717) is 0 Å². The van der Waals surface area contributed by atoms with Gasteiger partial charge >= 0.3 is 5.97 Å². The SMILES string of the molecule is CCOC(=O)c1cnn2c(N)c(C(=O)[C@H]3O[C@@H]4OC(C)(C)O[C@@H]4[C@H]3OCc3ccccc3)cnc12. The van der Waals surface area contributed by atoms with E-state index in [1.54, 1.807) is 20.8 Å². The maximum atomic E-state index is 13.6. The van der Waals surface area contributed by atoms with Gasteiger partial charge in [-0.3, -0.25) is 4.79 Å². The number of nitrogens with two attached hydrogens (primary N) is 1. The minimum absolute atomic E-state index is 0.0141. The molecule has 2 aliphatic rings. The number of aromatic nitrogens is 3. The molecule has 11 heteroatoms. The van der Waals surface area contributed by atoms with Crippen molar-refractivity contribution in [3.05, 3.63) is 59.4 Å². The number of ketones is 1. The lowest BCUT2D eigenvalue weighted by Crippen LogP contribution is -2.41. The van der Waals surface area contributed by atoms with Gasteiger partial charge in [-0.2, -0.15) is 9.61 Å². The van der Waals surface area contributed by atoms with E-state index in [4.69, 9.17) is 29.4 Å². The fourth-order valence-electron chi connectivity index (χ4n) is 4.28. The monoisotopic (exact) mass is 482 g/mol. The predicted octanol–water partition coefficient (Wildman–Crippen LogP) is 2.13. The van der Waals surface area contributed by atoms with Crippen LogP contribution in [0.2, 0.25) is 0 Å². The van der Waals surface area contributed by atoms with Crippen molar-refractivity contribution in [1.82, 2.24) is 14.6 Å². The van der Waals surface area contributed by atoms with Crippen molar-refractivity contribution < 1.29 is 33.3 Å². The van der Waals surface area contributed by atoms with Gasteiger partial charge in [-0.15, -0.1) is 0 Å². The first-order valence-electron chi connectivity index (χ1n) is 11.3. The molecule has 2 saturated heterocycles. The number of fused-ring (bicyclic) bond motifs is 2. The Balaban J connectivity index is 1.43. The molecule has 4 atom stereocenters. The Labute approximate surface area is 201 Å². The van der Waals surface area contributed by atoms with Crippen molar-refractivity contribution in [3.8, 4) is 0 Å². The molecule has 0 unspecified atom stereocenters. The van der Waals surface area contributed by atoms with E-state index in [1.165, 1.54) is 16.9 Å². The van der Waals surface area contributed by atoms with Gasteiger partial charge in [0, 0.05) is 6.20 Å². The number of carbonyl (C=O) groups is 2. The lowest BCUT2D eigenvalue weighted by Gasteiger charge is -2.25. The Morgan fingerprint density at radius 2 is 1.91 bits per heavy atom. The van der Waals surface area contributed by atoms with E-state index in [9.17, 15) is 9.59 Å². The summed E-state index contributed by atoms with van der Waals surface area (Å²) >= 11 is 0. The van der Waals surface area contributed by atoms with Crippen LogP contribution in [0, 0.1) is 0 Å². The number of benzene rings is 1. The van der Waals surface area contributed by atoms with Gasteiger partial charge in [-0.25, -0.2) is 9.78 Å². The number of hydrogen-bond donors (Lipinski definition) is 1. The summed E-state index contributed by atoms with van der Waals surface area (Å²) in [6.45, 7) is 5.70. The third-order valence-corrected chi connectivity index (χ3v) is 5.86. The highest BCUT2D eigenvalue weighted by molar-refractivity contribution is 6.04. The van der Waals surface area contributed by atoms with Crippen LogP contribution < -0.4 is 5.73 Å². The molecular weight excluding hydrogens is 456 g/mol. The first-order valence-corrected chi connectivity index (χ1v) is 11.3. The second-order valence-corrected chi connectivity index (χ2v) is 8.72. The summed E-state index contributed by atoms with van der Waals surface area (Å²) < 4.78 is 30.2. The molecular formula is C24H26N4O7. The summed E-state index contributed by atoms with van der Waals surface area (Å²) in [7, 11) is 0. The van der Waals surface area contributed by atoms with E-state index in [2.05, 4.69) is 10.1 Å². The van der Waals surface area contributed by atoms with Gasteiger partial charge in [0.1, 0.15) is 23.6 Å². The zero-order chi connectivity index (χ0) is 24.7. The van der Waals surface area contributed by atoms with Gasteiger partial charge in [0.15, 0.2) is 29.6 Å². The average Bonchev–Trinajstić information content (AvgIpc) is 3.49. The molecule has 4 heterocycles. The van der Waals surface area contributed by atoms with Crippen molar-refractivity contribution in [1.29, 1.82) is 0 Å². The van der Waals surface area contributed by atoms with Crippen molar-refractivity contribution >= 4 is 23.2 Å². The van der Waals surface area contributed by atoms with Crippen LogP contribution >= 0.6 is 0 Å². The number of nitrogen functional groups attached to an aromatic ring is 1. The largest absolute Gasteiger partial charge is 0.462 e. The Bertz CT molecular complexity index is 1260. The number of rotatable bonds is 7. The van der Waals surface area contributed by atoms with E-state index in [-0.39, 0.29) is 35.8 Å². The van der Waals surface area contributed by atoms with Crippen molar-refractivity contribution in [2.24, 2.45) is 0 Å². The van der Waals surface area contributed by atoms with Crippen molar-refractivity contribution in [3.63, 3.8) is 0 Å². The molecule has 2 aromatic heterocycles. The van der Waals surface area contributed by atoms with Gasteiger partial charge < -0.3 is 29.4 Å². The highest BCUT2D eigenvalue weighted by Gasteiger charge is 2.57. The van der Waals surface area contributed by atoms with E-state index in [0.717, 1.165) is 5.56 Å². The topological polar surface area (TPSA) is 136 Å². The summed E-state index contributed by atoms with van der Waals surface area (Å²) in [5.41, 5.74) is 7.62. The quantitative estimate of drug-likeness (QED) is 0.394. The van der Waals surface area contributed by atoms with E-state index in [1.807, 2.05) is 30.3 Å². The Morgan fingerprint density at radius 1 is 1.14 bits per heavy atom. The van der Waals surface area contributed by atoms with Crippen LogP contribution in [0.1, 0.15) is 47.1 Å². The minimum atomic E-state index is -1.05. The number of hydrogen-bond acceptors (Lipinski definition) is 10. The van der Waals surface area contributed by atoms with Crippen LogP contribution in [0.4, 0.5) is 5.82 Å². The second-order valence-electron chi connectivity index (χ2n) is 8.72. The summed E-state index contributed by atoms with van der Waals surface area (Å²) in [5.74, 6) is -1.90. The predicted molar refractivity (Wildman–Crippen MR) is 121 cm³/mol. The highest BCUT2D eigenvalue weighted by Crippen LogP contribution is 2.40. The summed E-state index contributed by atoms with van der Waals surface area (Å²) in [4.78, 5) is 30.0. The standard InChI is InChI=1S/C24H26N4O7/c1-4-31-22(30)15-11-27-28-20(25)14(10-26-21(15)28)16(29)17-18(32-12-13-8-6-5-7-9-13)19-23(33-17)35-24(2,3)34-19/h5-11,17-19,23H,4,12,25H2,1-3H3/t17-,18+,19-,23-/m1/s1. The van der Waals surface area contributed by atoms with Gasteiger partial charge in [0.2, 0.25) is 0 Å². The first kappa shape index (κ1) is 23.4. The van der Waals surface area contributed by atoms with Crippen LogP contribution in [0.3, 0.4) is 0 Å². The number of nitrogens with zero attached hydrogens (tertiary/aromatic N) is 3. The molecule has 184 valence electrons. The van der Waals surface area contributed by atoms with Crippen LogP contribution in [0.5, 0.6) is 0 Å². The van der Waals surface area contributed by atoms with Crippen LogP contribution in [0.15, 0.2) is 42.7 Å². The Morgan fingerprint density at radius 3 is 2.66 bits per heavy atom.